The molecule has 0 saturated heterocycles. The standard InChI is InChI=1S/C16H15Br2NO/c17-13-4-2-5-14(18)16(13)19-15-6-1-3-10-9-11(20)7-8-12(10)15/h2,4-5,7-9,15,19-20H,1,3,6H2. The molecule has 0 saturated carbocycles. The van der Waals surface area contributed by atoms with Crippen molar-refractivity contribution >= 4 is 37.5 Å². The lowest BCUT2D eigenvalue weighted by molar-refractivity contribution is 0.472. The maximum atomic E-state index is 9.62. The van der Waals surface area contributed by atoms with Gasteiger partial charge in [0.15, 0.2) is 0 Å². The van der Waals surface area contributed by atoms with E-state index in [9.17, 15) is 5.11 Å². The van der Waals surface area contributed by atoms with Crippen LogP contribution >= 0.6 is 31.9 Å². The van der Waals surface area contributed by atoms with Crippen molar-refractivity contribution < 1.29 is 5.11 Å². The Kier molecular flexibility index (Phi) is 4.03. The summed E-state index contributed by atoms with van der Waals surface area (Å²) in [6.45, 7) is 0. The third-order valence-corrected chi connectivity index (χ3v) is 5.04. The molecule has 0 amide bonds. The first-order chi connectivity index (χ1) is 9.65. The zero-order chi connectivity index (χ0) is 14.1. The number of hydrogen-bond donors (Lipinski definition) is 2. The number of para-hydroxylation sites is 1. The van der Waals surface area contributed by atoms with Crippen molar-refractivity contribution in [2.24, 2.45) is 0 Å². The fraction of sp³-hybridized carbons (Fsp3) is 0.250. The predicted molar refractivity (Wildman–Crippen MR) is 89.3 cm³/mol. The summed E-state index contributed by atoms with van der Waals surface area (Å²) in [5.74, 6) is 0.353. The molecule has 0 spiro atoms. The quantitative estimate of drug-likeness (QED) is 0.711. The van der Waals surface area contributed by atoms with E-state index in [-0.39, 0.29) is 6.04 Å². The highest BCUT2D eigenvalue weighted by Crippen LogP contribution is 2.38. The number of aromatic hydroxyl groups is 1. The van der Waals surface area contributed by atoms with Gasteiger partial charge in [-0.1, -0.05) is 12.1 Å². The van der Waals surface area contributed by atoms with Crippen molar-refractivity contribution in [3.63, 3.8) is 0 Å². The molecule has 0 aromatic heterocycles. The molecule has 104 valence electrons. The zero-order valence-electron chi connectivity index (χ0n) is 10.9. The van der Waals surface area contributed by atoms with E-state index in [4.69, 9.17) is 0 Å². The van der Waals surface area contributed by atoms with E-state index in [1.807, 2.05) is 30.3 Å². The molecule has 0 aliphatic heterocycles. The van der Waals surface area contributed by atoms with E-state index < -0.39 is 0 Å². The van der Waals surface area contributed by atoms with E-state index in [0.717, 1.165) is 33.9 Å². The Morgan fingerprint density at radius 2 is 1.85 bits per heavy atom. The van der Waals surface area contributed by atoms with Crippen molar-refractivity contribution in [2.75, 3.05) is 5.32 Å². The maximum absolute atomic E-state index is 9.62. The fourth-order valence-electron chi connectivity index (χ4n) is 2.76. The first-order valence-corrected chi connectivity index (χ1v) is 8.26. The Balaban J connectivity index is 1.94. The van der Waals surface area contributed by atoms with Gasteiger partial charge in [0.1, 0.15) is 5.75 Å². The number of anilines is 1. The third kappa shape index (κ3) is 2.72. The van der Waals surface area contributed by atoms with Gasteiger partial charge in [-0.2, -0.15) is 0 Å². The molecule has 4 heteroatoms. The second kappa shape index (κ2) is 5.78. The molecule has 2 nitrogen and oxygen atoms in total. The van der Waals surface area contributed by atoms with Crippen molar-refractivity contribution in [2.45, 2.75) is 25.3 Å². The van der Waals surface area contributed by atoms with Crippen LogP contribution in [0.2, 0.25) is 0 Å². The summed E-state index contributed by atoms with van der Waals surface area (Å²) in [4.78, 5) is 0. The van der Waals surface area contributed by atoms with Crippen molar-refractivity contribution in [3.8, 4) is 5.75 Å². The normalized spacial score (nSPS) is 17.6. The molecule has 2 aromatic rings. The zero-order valence-corrected chi connectivity index (χ0v) is 14.0. The summed E-state index contributed by atoms with van der Waals surface area (Å²) >= 11 is 7.19. The SMILES string of the molecule is Oc1ccc2c(c1)CCCC2Nc1c(Br)cccc1Br. The topological polar surface area (TPSA) is 32.3 Å². The minimum Gasteiger partial charge on any atom is -0.508 e. The third-order valence-electron chi connectivity index (χ3n) is 3.72. The Morgan fingerprint density at radius 3 is 2.60 bits per heavy atom. The molecular weight excluding hydrogens is 382 g/mol. The van der Waals surface area contributed by atoms with Crippen LogP contribution in [0.15, 0.2) is 45.3 Å². The first-order valence-electron chi connectivity index (χ1n) is 6.67. The second-order valence-electron chi connectivity index (χ2n) is 5.07. The monoisotopic (exact) mass is 395 g/mol. The van der Waals surface area contributed by atoms with Crippen LogP contribution in [0.5, 0.6) is 5.75 Å². The number of hydrogen-bond acceptors (Lipinski definition) is 2. The number of nitrogens with one attached hydrogen (secondary N) is 1. The van der Waals surface area contributed by atoms with Gasteiger partial charge in [-0.15, -0.1) is 0 Å². The van der Waals surface area contributed by atoms with Gasteiger partial charge in [0.05, 0.1) is 11.7 Å². The highest BCUT2D eigenvalue weighted by molar-refractivity contribution is 9.11. The van der Waals surface area contributed by atoms with Gasteiger partial charge in [-0.05, 0) is 86.5 Å². The van der Waals surface area contributed by atoms with Gasteiger partial charge in [0.25, 0.3) is 0 Å². The molecule has 2 aromatic carbocycles. The van der Waals surface area contributed by atoms with Gasteiger partial charge in [0, 0.05) is 8.95 Å². The smallest absolute Gasteiger partial charge is 0.115 e. The van der Waals surface area contributed by atoms with Gasteiger partial charge in [-0.25, -0.2) is 0 Å². The summed E-state index contributed by atoms with van der Waals surface area (Å²) in [7, 11) is 0. The lowest BCUT2D eigenvalue weighted by Gasteiger charge is -2.28. The first kappa shape index (κ1) is 14.0. The summed E-state index contributed by atoms with van der Waals surface area (Å²) in [5.41, 5.74) is 3.62. The summed E-state index contributed by atoms with van der Waals surface area (Å²) in [5, 5.41) is 13.2. The number of phenolic OH excluding ortho intramolecular Hbond substituents is 1. The average molecular weight is 397 g/mol. The molecule has 3 rings (SSSR count). The van der Waals surface area contributed by atoms with Crippen molar-refractivity contribution in [3.05, 3.63) is 56.5 Å². The van der Waals surface area contributed by atoms with E-state index in [1.54, 1.807) is 6.07 Å². The number of phenols is 1. The highest BCUT2D eigenvalue weighted by atomic mass is 79.9. The molecule has 0 heterocycles. The molecule has 0 fully saturated rings. The van der Waals surface area contributed by atoms with E-state index in [0.29, 0.717) is 5.75 Å². The van der Waals surface area contributed by atoms with Gasteiger partial charge in [-0.3, -0.25) is 0 Å². The Hall–Kier alpha value is -1.000. The van der Waals surface area contributed by atoms with Crippen LogP contribution in [-0.2, 0) is 6.42 Å². The van der Waals surface area contributed by atoms with Crippen molar-refractivity contribution in [1.82, 2.24) is 0 Å². The molecule has 2 N–H and O–H groups in total. The minimum atomic E-state index is 0.286. The van der Waals surface area contributed by atoms with E-state index in [2.05, 4.69) is 37.2 Å². The van der Waals surface area contributed by atoms with Crippen LogP contribution in [0.3, 0.4) is 0 Å². The molecule has 1 aliphatic rings. The van der Waals surface area contributed by atoms with E-state index in [1.165, 1.54) is 11.1 Å². The maximum Gasteiger partial charge on any atom is 0.115 e. The molecule has 1 atom stereocenters. The molecule has 0 bridgehead atoms. The van der Waals surface area contributed by atoms with E-state index >= 15 is 0 Å². The van der Waals surface area contributed by atoms with Gasteiger partial charge >= 0.3 is 0 Å². The van der Waals surface area contributed by atoms with Gasteiger partial charge < -0.3 is 10.4 Å². The van der Waals surface area contributed by atoms with Crippen LogP contribution in [-0.4, -0.2) is 5.11 Å². The number of aryl methyl sites for hydroxylation is 1. The number of benzene rings is 2. The number of rotatable bonds is 2. The van der Waals surface area contributed by atoms with Crippen LogP contribution in [0.4, 0.5) is 5.69 Å². The van der Waals surface area contributed by atoms with Crippen LogP contribution < -0.4 is 5.32 Å². The van der Waals surface area contributed by atoms with Crippen LogP contribution in [0, 0.1) is 0 Å². The van der Waals surface area contributed by atoms with Crippen molar-refractivity contribution in [1.29, 1.82) is 0 Å². The average Bonchev–Trinajstić information content (AvgIpc) is 2.42. The molecule has 20 heavy (non-hydrogen) atoms. The second-order valence-corrected chi connectivity index (χ2v) is 6.78. The fourth-order valence-corrected chi connectivity index (χ4v) is 3.99. The van der Waals surface area contributed by atoms with Gasteiger partial charge in [0.2, 0.25) is 0 Å². The minimum absolute atomic E-state index is 0.286. The molecular formula is C16H15Br2NO. The number of halogens is 2. The Labute approximate surface area is 135 Å². The highest BCUT2D eigenvalue weighted by Gasteiger charge is 2.21. The molecule has 1 unspecified atom stereocenters. The molecule has 1 aliphatic carbocycles. The largest absolute Gasteiger partial charge is 0.508 e. The number of fused-ring (bicyclic) bond motifs is 1. The Bertz CT molecular complexity index is 622. The van der Waals surface area contributed by atoms with Crippen LogP contribution in [0.1, 0.15) is 30.0 Å². The summed E-state index contributed by atoms with van der Waals surface area (Å²) < 4.78 is 2.11. The lowest BCUT2D eigenvalue weighted by atomic mass is 9.87. The van der Waals surface area contributed by atoms with Crippen LogP contribution in [0.25, 0.3) is 0 Å². The lowest BCUT2D eigenvalue weighted by Crippen LogP contribution is -2.17. The Morgan fingerprint density at radius 1 is 1.10 bits per heavy atom. The molecule has 0 radical (unpaired) electrons. The summed E-state index contributed by atoms with van der Waals surface area (Å²) in [6, 6.07) is 12.1. The summed E-state index contributed by atoms with van der Waals surface area (Å²) in [6.07, 6.45) is 3.28. The predicted octanol–water partition coefficient (Wildman–Crippen LogP) is 5.41.